The number of carbonyl (C=O) groups is 1. The number of hydrogen-bond acceptors (Lipinski definition) is 3. The van der Waals surface area contributed by atoms with Gasteiger partial charge in [0.05, 0.1) is 12.7 Å². The van der Waals surface area contributed by atoms with E-state index in [9.17, 15) is 18.0 Å². The number of ether oxygens (including phenoxy) is 1. The molecule has 6 heteroatoms. The predicted molar refractivity (Wildman–Crippen MR) is 33.2 cm³/mol. The fourth-order valence-electron chi connectivity index (χ4n) is 0.440. The number of aliphatic hydroxyl groups is 1. The molecule has 0 heterocycles. The normalized spacial score (nSPS) is 13.8. The standard InChI is InChI=1S/C6H7F3O3/c1-3(5(11)12-2)4(10)6(7,8)9/h4,10H,1H2,2H3. The average molecular weight is 184 g/mol. The van der Waals surface area contributed by atoms with Gasteiger partial charge in [-0.1, -0.05) is 6.58 Å². The third-order valence-electron chi connectivity index (χ3n) is 1.09. The summed E-state index contributed by atoms with van der Waals surface area (Å²) in [5.41, 5.74) is -1.02. The lowest BCUT2D eigenvalue weighted by atomic mass is 10.1. The maximum absolute atomic E-state index is 11.7. The summed E-state index contributed by atoms with van der Waals surface area (Å²) >= 11 is 0. The molecule has 1 unspecified atom stereocenters. The molecule has 12 heavy (non-hydrogen) atoms. The number of aliphatic hydroxyl groups excluding tert-OH is 1. The second kappa shape index (κ2) is 3.57. The Kier molecular flexibility index (Phi) is 3.26. The summed E-state index contributed by atoms with van der Waals surface area (Å²) < 4.78 is 39.0. The smallest absolute Gasteiger partial charge is 0.418 e. The van der Waals surface area contributed by atoms with Gasteiger partial charge in [-0.05, 0) is 0 Å². The van der Waals surface area contributed by atoms with E-state index in [2.05, 4.69) is 11.3 Å². The van der Waals surface area contributed by atoms with Crippen LogP contribution in [0.5, 0.6) is 0 Å². The van der Waals surface area contributed by atoms with Crippen LogP contribution in [0.25, 0.3) is 0 Å². The average Bonchev–Trinajstić information content (AvgIpc) is 1.98. The van der Waals surface area contributed by atoms with E-state index < -0.39 is 23.8 Å². The van der Waals surface area contributed by atoms with Crippen molar-refractivity contribution in [3.05, 3.63) is 12.2 Å². The molecule has 0 saturated heterocycles. The minimum Gasteiger partial charge on any atom is -0.466 e. The molecule has 0 bridgehead atoms. The van der Waals surface area contributed by atoms with E-state index in [-0.39, 0.29) is 0 Å². The van der Waals surface area contributed by atoms with Gasteiger partial charge in [-0.25, -0.2) is 4.79 Å². The highest BCUT2D eigenvalue weighted by molar-refractivity contribution is 5.88. The van der Waals surface area contributed by atoms with Crippen LogP contribution in [0.1, 0.15) is 0 Å². The molecule has 0 spiro atoms. The maximum atomic E-state index is 11.7. The lowest BCUT2D eigenvalue weighted by Crippen LogP contribution is -2.33. The van der Waals surface area contributed by atoms with Crippen LogP contribution < -0.4 is 0 Å². The topological polar surface area (TPSA) is 46.5 Å². The molecule has 0 fully saturated rings. The lowest BCUT2D eigenvalue weighted by molar-refractivity contribution is -0.194. The Balaban J connectivity index is 4.41. The summed E-state index contributed by atoms with van der Waals surface area (Å²) in [6.07, 6.45) is -7.74. The Morgan fingerprint density at radius 2 is 2.00 bits per heavy atom. The Morgan fingerprint density at radius 3 is 2.25 bits per heavy atom. The molecule has 1 N–H and O–H groups in total. The van der Waals surface area contributed by atoms with E-state index in [1.54, 1.807) is 0 Å². The number of hydrogen-bond donors (Lipinski definition) is 1. The second-order valence-corrected chi connectivity index (χ2v) is 1.96. The molecular weight excluding hydrogens is 177 g/mol. The molecule has 0 radical (unpaired) electrons. The molecule has 0 aromatic carbocycles. The third kappa shape index (κ3) is 2.54. The van der Waals surface area contributed by atoms with Crippen molar-refractivity contribution in [3.8, 4) is 0 Å². The number of alkyl halides is 3. The Labute approximate surface area is 66.4 Å². The monoisotopic (exact) mass is 184 g/mol. The summed E-state index contributed by atoms with van der Waals surface area (Å²) in [5, 5.41) is 8.43. The highest BCUT2D eigenvalue weighted by Gasteiger charge is 2.42. The lowest BCUT2D eigenvalue weighted by Gasteiger charge is -2.14. The van der Waals surface area contributed by atoms with E-state index >= 15 is 0 Å². The Morgan fingerprint density at radius 1 is 1.58 bits per heavy atom. The van der Waals surface area contributed by atoms with Crippen molar-refractivity contribution in [2.75, 3.05) is 7.11 Å². The van der Waals surface area contributed by atoms with Gasteiger partial charge in [0, 0.05) is 0 Å². The molecule has 0 aromatic heterocycles. The fraction of sp³-hybridized carbons (Fsp3) is 0.500. The summed E-state index contributed by atoms with van der Waals surface area (Å²) in [6, 6.07) is 0. The van der Waals surface area contributed by atoms with Gasteiger partial charge in [-0.3, -0.25) is 0 Å². The fourth-order valence-corrected chi connectivity index (χ4v) is 0.440. The first-order valence-electron chi connectivity index (χ1n) is 2.82. The number of halogens is 3. The molecule has 0 aliphatic heterocycles. The number of esters is 1. The van der Waals surface area contributed by atoms with Crippen LogP contribution in [-0.2, 0) is 9.53 Å². The van der Waals surface area contributed by atoms with Crippen LogP contribution in [-0.4, -0.2) is 30.5 Å². The van der Waals surface area contributed by atoms with E-state index in [0.29, 0.717) is 0 Å². The summed E-state index contributed by atoms with van der Waals surface area (Å²) in [4.78, 5) is 10.4. The Hall–Kier alpha value is -1.04. The van der Waals surface area contributed by atoms with E-state index in [1.807, 2.05) is 0 Å². The van der Waals surface area contributed by atoms with E-state index in [0.717, 1.165) is 7.11 Å². The van der Waals surface area contributed by atoms with Gasteiger partial charge in [0.25, 0.3) is 0 Å². The second-order valence-electron chi connectivity index (χ2n) is 1.96. The van der Waals surface area contributed by atoms with Crippen molar-refractivity contribution in [2.45, 2.75) is 12.3 Å². The first kappa shape index (κ1) is 11.0. The van der Waals surface area contributed by atoms with Crippen molar-refractivity contribution in [2.24, 2.45) is 0 Å². The molecule has 70 valence electrons. The molecular formula is C6H7F3O3. The molecule has 3 nitrogen and oxygen atoms in total. The Bertz CT molecular complexity index is 197. The molecule has 1 atom stereocenters. The van der Waals surface area contributed by atoms with Crippen molar-refractivity contribution >= 4 is 5.97 Å². The van der Waals surface area contributed by atoms with Crippen LogP contribution in [0, 0.1) is 0 Å². The zero-order valence-corrected chi connectivity index (χ0v) is 6.18. The highest BCUT2D eigenvalue weighted by atomic mass is 19.4. The van der Waals surface area contributed by atoms with Crippen LogP contribution in [0.4, 0.5) is 13.2 Å². The quantitative estimate of drug-likeness (QED) is 0.506. The predicted octanol–water partition coefficient (Wildman–Crippen LogP) is 0.639. The summed E-state index contributed by atoms with van der Waals surface area (Å²) in [5.74, 6) is -1.28. The minimum atomic E-state index is -4.88. The van der Waals surface area contributed by atoms with Gasteiger partial charge in [0.2, 0.25) is 0 Å². The molecule has 0 amide bonds. The van der Waals surface area contributed by atoms with Crippen LogP contribution >= 0.6 is 0 Å². The third-order valence-corrected chi connectivity index (χ3v) is 1.09. The van der Waals surface area contributed by atoms with Crippen molar-refractivity contribution in [1.82, 2.24) is 0 Å². The zero-order chi connectivity index (χ0) is 9.94. The molecule has 0 aliphatic rings. The largest absolute Gasteiger partial charge is 0.466 e. The van der Waals surface area contributed by atoms with Gasteiger partial charge in [-0.15, -0.1) is 0 Å². The first-order valence-corrected chi connectivity index (χ1v) is 2.82. The molecule has 0 aliphatic carbocycles. The zero-order valence-electron chi connectivity index (χ0n) is 6.18. The molecule has 0 rings (SSSR count). The van der Waals surface area contributed by atoms with Crippen LogP contribution in [0.3, 0.4) is 0 Å². The highest BCUT2D eigenvalue weighted by Crippen LogP contribution is 2.24. The van der Waals surface area contributed by atoms with Gasteiger partial charge in [-0.2, -0.15) is 13.2 Å². The van der Waals surface area contributed by atoms with Crippen LogP contribution in [0.2, 0.25) is 0 Å². The van der Waals surface area contributed by atoms with Gasteiger partial charge in [0.1, 0.15) is 0 Å². The van der Waals surface area contributed by atoms with Crippen LogP contribution in [0.15, 0.2) is 12.2 Å². The number of methoxy groups -OCH3 is 1. The minimum absolute atomic E-state index is 0.899. The van der Waals surface area contributed by atoms with E-state index in [1.165, 1.54) is 0 Å². The molecule has 0 aromatic rings. The van der Waals surface area contributed by atoms with Gasteiger partial charge < -0.3 is 9.84 Å². The number of rotatable bonds is 2. The maximum Gasteiger partial charge on any atom is 0.418 e. The van der Waals surface area contributed by atoms with E-state index in [4.69, 9.17) is 5.11 Å². The van der Waals surface area contributed by atoms with Gasteiger partial charge >= 0.3 is 12.1 Å². The van der Waals surface area contributed by atoms with Crippen molar-refractivity contribution < 1.29 is 27.8 Å². The molecule has 0 saturated carbocycles. The van der Waals surface area contributed by atoms with Crippen molar-refractivity contribution in [1.29, 1.82) is 0 Å². The SMILES string of the molecule is C=C(C(=O)OC)C(O)C(F)(F)F. The summed E-state index contributed by atoms with van der Waals surface area (Å²) in [7, 11) is 0.899. The van der Waals surface area contributed by atoms with Crippen molar-refractivity contribution in [3.63, 3.8) is 0 Å². The first-order chi connectivity index (χ1) is 5.30. The number of carbonyl (C=O) groups excluding carboxylic acids is 1. The summed E-state index contributed by atoms with van der Waals surface area (Å²) in [6.45, 7) is 2.75. The van der Waals surface area contributed by atoms with Gasteiger partial charge in [0.15, 0.2) is 6.10 Å².